The van der Waals surface area contributed by atoms with Gasteiger partial charge in [0.1, 0.15) is 5.75 Å². The Labute approximate surface area is 167 Å². The zero-order valence-corrected chi connectivity index (χ0v) is 16.1. The van der Waals surface area contributed by atoms with Crippen LogP contribution < -0.4 is 16.0 Å². The minimum atomic E-state index is -0.377. The molecule has 6 nitrogen and oxygen atoms in total. The average molecular weight is 387 g/mol. The number of ether oxygens (including phenoxy) is 1. The van der Waals surface area contributed by atoms with Crippen molar-refractivity contribution in [2.75, 3.05) is 7.11 Å². The largest absolute Gasteiger partial charge is 0.497 e. The summed E-state index contributed by atoms with van der Waals surface area (Å²) in [5, 5.41) is 0. The molecule has 0 N–H and O–H groups in total. The summed E-state index contributed by atoms with van der Waals surface area (Å²) in [5.41, 5.74) is 2.12. The molecule has 0 bridgehead atoms. The third kappa shape index (κ3) is 3.82. The van der Waals surface area contributed by atoms with E-state index in [0.717, 1.165) is 16.9 Å². The van der Waals surface area contributed by atoms with Gasteiger partial charge in [-0.3, -0.25) is 13.9 Å². The van der Waals surface area contributed by atoms with Crippen molar-refractivity contribution in [1.82, 2.24) is 14.1 Å². The first-order chi connectivity index (χ1) is 14.2. The maximum Gasteiger partial charge on any atom is 0.331 e. The third-order valence-electron chi connectivity index (χ3n) is 4.95. The van der Waals surface area contributed by atoms with Crippen LogP contribution in [-0.2, 0) is 19.5 Å². The third-order valence-corrected chi connectivity index (χ3v) is 4.95. The van der Waals surface area contributed by atoms with E-state index in [-0.39, 0.29) is 17.8 Å². The fraction of sp³-hybridized carbons (Fsp3) is 0.174. The molecule has 0 aliphatic rings. The van der Waals surface area contributed by atoms with E-state index in [1.807, 2.05) is 54.6 Å². The predicted molar refractivity (Wildman–Crippen MR) is 113 cm³/mol. The number of nitrogens with zero attached hydrogens (tertiary/aromatic N) is 3. The van der Waals surface area contributed by atoms with E-state index >= 15 is 0 Å². The Morgan fingerprint density at radius 1 is 0.862 bits per heavy atom. The fourth-order valence-corrected chi connectivity index (χ4v) is 3.40. The van der Waals surface area contributed by atoms with Crippen molar-refractivity contribution in [2.24, 2.45) is 0 Å². The average Bonchev–Trinajstić information content (AvgIpc) is 2.78. The summed E-state index contributed by atoms with van der Waals surface area (Å²) in [6, 6.07) is 20.8. The summed E-state index contributed by atoms with van der Waals surface area (Å²) in [7, 11) is 1.60. The van der Waals surface area contributed by atoms with Crippen molar-refractivity contribution in [3.8, 4) is 5.75 Å². The van der Waals surface area contributed by atoms with E-state index in [2.05, 4.69) is 4.98 Å². The number of methoxy groups -OCH3 is 1. The number of aryl methyl sites for hydroxylation is 2. The molecule has 0 aliphatic carbocycles. The highest BCUT2D eigenvalue weighted by molar-refractivity contribution is 5.73. The standard InChI is InChI=1S/C23H21N3O3/c1-29-19-11-9-18(10-12-19)16-26-22(27)21-20(8-5-14-24-21)25(23(26)28)15-13-17-6-3-2-4-7-17/h2-12,14H,13,15-16H2,1H3. The van der Waals surface area contributed by atoms with Gasteiger partial charge in [-0.1, -0.05) is 42.5 Å². The summed E-state index contributed by atoms with van der Waals surface area (Å²) >= 11 is 0. The Balaban J connectivity index is 1.77. The number of hydrogen-bond donors (Lipinski definition) is 0. The van der Waals surface area contributed by atoms with Crippen LogP contribution in [0.4, 0.5) is 0 Å². The monoisotopic (exact) mass is 387 g/mol. The quantitative estimate of drug-likeness (QED) is 0.510. The minimum absolute atomic E-state index is 0.180. The van der Waals surface area contributed by atoms with Crippen molar-refractivity contribution >= 4 is 11.0 Å². The van der Waals surface area contributed by atoms with Crippen LogP contribution in [0.15, 0.2) is 82.5 Å². The number of pyridine rings is 1. The van der Waals surface area contributed by atoms with Gasteiger partial charge in [0.2, 0.25) is 0 Å². The molecule has 29 heavy (non-hydrogen) atoms. The zero-order chi connectivity index (χ0) is 20.2. The fourth-order valence-electron chi connectivity index (χ4n) is 3.40. The predicted octanol–water partition coefficient (Wildman–Crippen LogP) is 2.86. The van der Waals surface area contributed by atoms with Crippen molar-refractivity contribution in [2.45, 2.75) is 19.5 Å². The molecular formula is C23H21N3O3. The first-order valence-electron chi connectivity index (χ1n) is 9.42. The first kappa shape index (κ1) is 18.7. The molecule has 0 unspecified atom stereocenters. The van der Waals surface area contributed by atoms with Gasteiger partial charge in [0.25, 0.3) is 5.56 Å². The number of fused-ring (bicyclic) bond motifs is 1. The molecule has 2 aromatic carbocycles. The van der Waals surface area contributed by atoms with Gasteiger partial charge in [-0.05, 0) is 41.8 Å². The molecule has 6 heteroatoms. The van der Waals surface area contributed by atoms with Gasteiger partial charge < -0.3 is 4.74 Å². The van der Waals surface area contributed by atoms with Gasteiger partial charge >= 0.3 is 5.69 Å². The molecule has 0 spiro atoms. The molecule has 4 aromatic rings. The lowest BCUT2D eigenvalue weighted by Crippen LogP contribution is -2.41. The highest BCUT2D eigenvalue weighted by Crippen LogP contribution is 2.12. The van der Waals surface area contributed by atoms with E-state index in [1.54, 1.807) is 30.0 Å². The Morgan fingerprint density at radius 2 is 1.62 bits per heavy atom. The molecular weight excluding hydrogens is 366 g/mol. The molecule has 0 atom stereocenters. The van der Waals surface area contributed by atoms with Crippen molar-refractivity contribution in [3.63, 3.8) is 0 Å². The smallest absolute Gasteiger partial charge is 0.331 e. The van der Waals surface area contributed by atoms with Crippen LogP contribution in [0.2, 0.25) is 0 Å². The van der Waals surface area contributed by atoms with Gasteiger partial charge in [-0.25, -0.2) is 9.78 Å². The van der Waals surface area contributed by atoms with Crippen LogP contribution in [-0.4, -0.2) is 21.2 Å². The molecule has 2 aromatic heterocycles. The minimum Gasteiger partial charge on any atom is -0.497 e. The maximum absolute atomic E-state index is 13.2. The Hall–Kier alpha value is -3.67. The Morgan fingerprint density at radius 3 is 2.34 bits per heavy atom. The second-order valence-electron chi connectivity index (χ2n) is 6.78. The van der Waals surface area contributed by atoms with Crippen LogP contribution >= 0.6 is 0 Å². The highest BCUT2D eigenvalue weighted by Gasteiger charge is 2.14. The number of rotatable bonds is 6. The van der Waals surface area contributed by atoms with Crippen molar-refractivity contribution in [1.29, 1.82) is 0 Å². The zero-order valence-electron chi connectivity index (χ0n) is 16.1. The molecule has 0 radical (unpaired) electrons. The number of hydrogen-bond acceptors (Lipinski definition) is 4. The molecule has 0 saturated carbocycles. The lowest BCUT2D eigenvalue weighted by molar-refractivity contribution is 0.414. The lowest BCUT2D eigenvalue weighted by atomic mass is 10.1. The number of benzene rings is 2. The topological polar surface area (TPSA) is 66.1 Å². The van der Waals surface area contributed by atoms with Gasteiger partial charge in [0.15, 0.2) is 5.52 Å². The van der Waals surface area contributed by atoms with Crippen molar-refractivity contribution in [3.05, 3.63) is 105 Å². The second kappa shape index (κ2) is 8.14. The Kier molecular flexibility index (Phi) is 5.24. The SMILES string of the molecule is COc1ccc(Cn2c(=O)c3ncccc3n(CCc3ccccc3)c2=O)cc1. The summed E-state index contributed by atoms with van der Waals surface area (Å²) in [5.74, 6) is 0.724. The van der Waals surface area contributed by atoms with Crippen LogP contribution in [0, 0.1) is 0 Å². The molecule has 4 rings (SSSR count). The van der Waals surface area contributed by atoms with Crippen molar-refractivity contribution < 1.29 is 4.74 Å². The van der Waals surface area contributed by atoms with E-state index in [1.165, 1.54) is 4.57 Å². The molecule has 146 valence electrons. The van der Waals surface area contributed by atoms with Gasteiger partial charge in [-0.2, -0.15) is 0 Å². The molecule has 0 aliphatic heterocycles. The van der Waals surface area contributed by atoms with E-state index in [9.17, 15) is 9.59 Å². The van der Waals surface area contributed by atoms with Gasteiger partial charge in [0, 0.05) is 12.7 Å². The van der Waals surface area contributed by atoms with Gasteiger partial charge in [-0.15, -0.1) is 0 Å². The normalized spacial score (nSPS) is 10.9. The summed E-state index contributed by atoms with van der Waals surface area (Å²) in [6.45, 7) is 0.646. The van der Waals surface area contributed by atoms with Crippen LogP contribution in [0.25, 0.3) is 11.0 Å². The molecule has 2 heterocycles. The van der Waals surface area contributed by atoms with Crippen LogP contribution in [0.1, 0.15) is 11.1 Å². The first-order valence-corrected chi connectivity index (χ1v) is 9.42. The summed E-state index contributed by atoms with van der Waals surface area (Å²) < 4.78 is 8.06. The second-order valence-corrected chi connectivity index (χ2v) is 6.78. The van der Waals surface area contributed by atoms with Gasteiger partial charge in [0.05, 0.1) is 19.2 Å². The Bertz CT molecular complexity index is 1240. The van der Waals surface area contributed by atoms with Crippen LogP contribution in [0.5, 0.6) is 5.75 Å². The lowest BCUT2D eigenvalue weighted by Gasteiger charge is -2.14. The van der Waals surface area contributed by atoms with E-state index < -0.39 is 0 Å². The van der Waals surface area contributed by atoms with E-state index in [0.29, 0.717) is 24.0 Å². The summed E-state index contributed by atoms with van der Waals surface area (Å²) in [4.78, 5) is 30.4. The molecule has 0 saturated heterocycles. The van der Waals surface area contributed by atoms with Crippen LogP contribution in [0.3, 0.4) is 0 Å². The molecule has 0 fully saturated rings. The summed E-state index contributed by atoms with van der Waals surface area (Å²) in [6.07, 6.45) is 2.26. The molecule has 0 amide bonds. The van der Waals surface area contributed by atoms with E-state index in [4.69, 9.17) is 4.74 Å². The number of aromatic nitrogens is 3. The maximum atomic E-state index is 13.2. The highest BCUT2D eigenvalue weighted by atomic mass is 16.5.